The molecule has 1 unspecified atom stereocenters. The molecule has 1 atom stereocenters. The lowest BCUT2D eigenvalue weighted by molar-refractivity contribution is 0.00715. The van der Waals surface area contributed by atoms with Crippen LogP contribution in [-0.2, 0) is 17.7 Å². The van der Waals surface area contributed by atoms with Gasteiger partial charge in [-0.05, 0) is 31.4 Å². The fourth-order valence-corrected chi connectivity index (χ4v) is 3.81. The van der Waals surface area contributed by atoms with Crippen LogP contribution in [0.5, 0.6) is 0 Å². The monoisotopic (exact) mass is 347 g/mol. The van der Waals surface area contributed by atoms with Gasteiger partial charge in [-0.2, -0.15) is 0 Å². The van der Waals surface area contributed by atoms with Crippen molar-refractivity contribution in [2.24, 2.45) is 0 Å². The normalized spacial score (nSPS) is 15.8. The van der Waals surface area contributed by atoms with Crippen LogP contribution in [0.15, 0.2) is 48.5 Å². The lowest BCUT2D eigenvalue weighted by Crippen LogP contribution is -2.16. The maximum atomic E-state index is 6.35. The van der Waals surface area contributed by atoms with Crippen LogP contribution in [0.3, 0.4) is 0 Å². The quantitative estimate of drug-likeness (QED) is 0.663. The van der Waals surface area contributed by atoms with Crippen molar-refractivity contribution in [2.45, 2.75) is 52.4 Å². The molecule has 1 aromatic heterocycles. The van der Waals surface area contributed by atoms with Gasteiger partial charge < -0.3 is 4.74 Å². The van der Waals surface area contributed by atoms with Crippen molar-refractivity contribution in [3.63, 3.8) is 0 Å². The van der Waals surface area contributed by atoms with Gasteiger partial charge >= 0.3 is 0 Å². The minimum atomic E-state index is 0.0190. The second-order valence-corrected chi connectivity index (χ2v) is 7.13. The van der Waals surface area contributed by atoms with Crippen LogP contribution in [0.1, 0.15) is 44.4 Å². The van der Waals surface area contributed by atoms with Crippen molar-refractivity contribution in [2.75, 3.05) is 0 Å². The maximum absolute atomic E-state index is 6.35. The molecule has 4 rings (SSSR count). The molecule has 0 saturated carbocycles. The van der Waals surface area contributed by atoms with Gasteiger partial charge in [0.25, 0.3) is 0 Å². The molecule has 26 heavy (non-hydrogen) atoms. The van der Waals surface area contributed by atoms with Crippen molar-refractivity contribution in [3.8, 4) is 22.5 Å². The van der Waals surface area contributed by atoms with Crippen LogP contribution < -0.4 is 0 Å². The van der Waals surface area contributed by atoms with E-state index in [1.54, 1.807) is 0 Å². The fourth-order valence-electron chi connectivity index (χ4n) is 3.81. The summed E-state index contributed by atoms with van der Waals surface area (Å²) in [5.41, 5.74) is 6.91. The van der Waals surface area contributed by atoms with Crippen molar-refractivity contribution < 1.29 is 4.74 Å². The van der Waals surface area contributed by atoms with Crippen LogP contribution in [0, 0.1) is 0 Å². The van der Waals surface area contributed by atoms with Gasteiger partial charge in [0.15, 0.2) is 0 Å². The van der Waals surface area contributed by atoms with Gasteiger partial charge in [-0.25, -0.2) is 4.68 Å². The van der Waals surface area contributed by atoms with E-state index < -0.39 is 0 Å². The second kappa shape index (κ2) is 7.04. The molecule has 4 heteroatoms. The van der Waals surface area contributed by atoms with E-state index in [1.165, 1.54) is 16.7 Å². The molecule has 1 aliphatic carbocycles. The Kier molecular flexibility index (Phi) is 4.60. The molecule has 0 fully saturated rings. The summed E-state index contributed by atoms with van der Waals surface area (Å²) in [6, 6.07) is 17.0. The average Bonchev–Trinajstić information content (AvgIpc) is 3.03. The van der Waals surface area contributed by atoms with Gasteiger partial charge in [-0.15, -0.1) is 5.10 Å². The van der Waals surface area contributed by atoms with E-state index in [-0.39, 0.29) is 12.2 Å². The summed E-state index contributed by atoms with van der Waals surface area (Å²) < 4.78 is 8.40. The first-order valence-electron chi connectivity index (χ1n) is 9.45. The van der Waals surface area contributed by atoms with Crippen molar-refractivity contribution in [3.05, 3.63) is 59.7 Å². The average molecular weight is 347 g/mol. The summed E-state index contributed by atoms with van der Waals surface area (Å²) in [6.07, 6.45) is 2.04. The highest BCUT2D eigenvalue weighted by Crippen LogP contribution is 2.41. The van der Waals surface area contributed by atoms with Gasteiger partial charge in [0.1, 0.15) is 5.69 Å². The summed E-state index contributed by atoms with van der Waals surface area (Å²) in [6.45, 7) is 7.22. The Bertz CT molecular complexity index is 913. The summed E-state index contributed by atoms with van der Waals surface area (Å²) in [7, 11) is 0. The van der Waals surface area contributed by atoms with E-state index in [4.69, 9.17) is 4.74 Å². The van der Waals surface area contributed by atoms with Gasteiger partial charge in [-0.1, -0.05) is 60.7 Å². The molecule has 0 radical (unpaired) electrons. The van der Waals surface area contributed by atoms with Crippen LogP contribution >= 0.6 is 0 Å². The largest absolute Gasteiger partial charge is 0.371 e. The summed E-state index contributed by atoms with van der Waals surface area (Å²) in [5, 5.41) is 9.06. The van der Waals surface area contributed by atoms with Crippen molar-refractivity contribution in [1.29, 1.82) is 0 Å². The third-order valence-electron chi connectivity index (χ3n) is 4.85. The zero-order valence-electron chi connectivity index (χ0n) is 15.6. The highest BCUT2D eigenvalue weighted by Gasteiger charge is 2.28. The highest BCUT2D eigenvalue weighted by molar-refractivity contribution is 5.82. The number of fused-ring (bicyclic) bond motifs is 5. The molecule has 3 aromatic rings. The highest BCUT2D eigenvalue weighted by atomic mass is 16.5. The van der Waals surface area contributed by atoms with Crippen LogP contribution in [-0.4, -0.2) is 21.1 Å². The zero-order valence-corrected chi connectivity index (χ0v) is 15.6. The molecule has 0 spiro atoms. The molecule has 1 heterocycles. The summed E-state index contributed by atoms with van der Waals surface area (Å²) in [5.74, 6) is 0. The van der Waals surface area contributed by atoms with E-state index in [2.05, 4.69) is 79.6 Å². The number of hydrogen-bond acceptors (Lipinski definition) is 3. The van der Waals surface area contributed by atoms with Gasteiger partial charge in [0.05, 0.1) is 17.9 Å². The number of aromatic nitrogens is 3. The number of ether oxygens (including phenoxy) is 1. The molecule has 0 aliphatic heterocycles. The third kappa shape index (κ3) is 2.95. The predicted molar refractivity (Wildman–Crippen MR) is 104 cm³/mol. The van der Waals surface area contributed by atoms with Gasteiger partial charge in [0.2, 0.25) is 0 Å². The number of benzene rings is 2. The first kappa shape index (κ1) is 17.0. The maximum Gasteiger partial charge on any atom is 0.121 e. The van der Waals surface area contributed by atoms with E-state index in [0.29, 0.717) is 0 Å². The van der Waals surface area contributed by atoms with Crippen LogP contribution in [0.4, 0.5) is 0 Å². The van der Waals surface area contributed by atoms with E-state index in [9.17, 15) is 0 Å². The number of hydrogen-bond donors (Lipinski definition) is 0. The Hall–Kier alpha value is -2.46. The number of rotatable bonds is 4. The van der Waals surface area contributed by atoms with Gasteiger partial charge in [-0.3, -0.25) is 0 Å². The van der Waals surface area contributed by atoms with E-state index in [0.717, 1.165) is 36.3 Å². The molecule has 0 bridgehead atoms. The molecule has 4 nitrogen and oxygen atoms in total. The van der Waals surface area contributed by atoms with Crippen LogP contribution in [0.25, 0.3) is 22.5 Å². The van der Waals surface area contributed by atoms with E-state index in [1.807, 2.05) is 4.68 Å². The lowest BCUT2D eigenvalue weighted by atomic mass is 9.87. The van der Waals surface area contributed by atoms with Crippen molar-refractivity contribution in [1.82, 2.24) is 15.0 Å². The second-order valence-electron chi connectivity index (χ2n) is 7.13. The minimum Gasteiger partial charge on any atom is -0.371 e. The Labute approximate surface area is 154 Å². The number of nitrogens with zero attached hydrogens (tertiary/aromatic N) is 3. The Balaban J connectivity index is 2.00. The molecule has 2 aromatic carbocycles. The lowest BCUT2D eigenvalue weighted by Gasteiger charge is -2.27. The smallest absolute Gasteiger partial charge is 0.121 e. The molecule has 0 amide bonds. The summed E-state index contributed by atoms with van der Waals surface area (Å²) >= 11 is 0. The SMILES string of the molecule is CCCn1nnc2c1-c1ccccc1C(OC(C)C)Cc1ccccc1-2. The predicted octanol–water partition coefficient (Wildman–Crippen LogP) is 5.04. The first-order valence-corrected chi connectivity index (χ1v) is 9.45. The number of aryl methyl sites for hydroxylation is 1. The Morgan fingerprint density at radius 1 is 1.08 bits per heavy atom. The van der Waals surface area contributed by atoms with Gasteiger partial charge in [0, 0.05) is 24.1 Å². The molecule has 1 aliphatic rings. The minimum absolute atomic E-state index is 0.0190. The molecular weight excluding hydrogens is 322 g/mol. The zero-order chi connectivity index (χ0) is 18.1. The molecular formula is C22H25N3O. The molecule has 134 valence electrons. The molecule has 0 saturated heterocycles. The third-order valence-corrected chi connectivity index (χ3v) is 4.85. The topological polar surface area (TPSA) is 39.9 Å². The summed E-state index contributed by atoms with van der Waals surface area (Å²) in [4.78, 5) is 0. The first-order chi connectivity index (χ1) is 12.7. The standard InChI is InChI=1S/C22H25N3O/c1-4-13-25-22-19-12-8-7-11-18(19)20(26-15(2)3)14-16-9-5-6-10-17(16)21(22)23-24-25/h5-12,15,20H,4,13-14H2,1-3H3. The fraction of sp³-hybridized carbons (Fsp3) is 0.364. The Morgan fingerprint density at radius 3 is 2.58 bits per heavy atom. The Morgan fingerprint density at radius 2 is 1.81 bits per heavy atom. The van der Waals surface area contributed by atoms with E-state index >= 15 is 0 Å². The van der Waals surface area contributed by atoms with Crippen molar-refractivity contribution >= 4 is 0 Å². The molecule has 0 N–H and O–H groups in total. The van der Waals surface area contributed by atoms with Crippen LogP contribution in [0.2, 0.25) is 0 Å².